The highest BCUT2D eigenvalue weighted by Gasteiger charge is 2.13. The number of rotatable bonds is 8. The van der Waals surface area contributed by atoms with Crippen molar-refractivity contribution in [2.75, 3.05) is 23.7 Å². The molecule has 0 spiro atoms. The molecule has 0 aliphatic rings. The summed E-state index contributed by atoms with van der Waals surface area (Å²) in [6.07, 6.45) is 5.13. The zero-order valence-corrected chi connectivity index (χ0v) is 15.3. The third kappa shape index (κ3) is 5.24. The predicted octanol–water partition coefficient (Wildman–Crippen LogP) is 1.91. The highest BCUT2D eigenvalue weighted by Crippen LogP contribution is 2.15. The Bertz CT molecular complexity index is 866. The molecule has 0 aromatic carbocycles. The zero-order valence-electron chi connectivity index (χ0n) is 15.3. The summed E-state index contributed by atoms with van der Waals surface area (Å²) in [5.41, 5.74) is 0. The van der Waals surface area contributed by atoms with Gasteiger partial charge in [-0.05, 0) is 32.0 Å². The second-order valence-electron chi connectivity index (χ2n) is 5.91. The highest BCUT2D eigenvalue weighted by atomic mass is 16.2. The molecule has 0 fully saturated rings. The molecule has 3 heterocycles. The molecule has 0 saturated carbocycles. The Hall–Kier alpha value is -3.49. The molecular weight excluding hydrogens is 344 g/mol. The largest absolute Gasteiger partial charge is 0.368 e. The maximum absolute atomic E-state index is 12.1. The Kier molecular flexibility index (Phi) is 5.93. The van der Waals surface area contributed by atoms with Crippen LogP contribution in [-0.2, 0) is 4.79 Å². The summed E-state index contributed by atoms with van der Waals surface area (Å²) in [7, 11) is 0. The number of anilines is 3. The number of carbonyl (C=O) groups is 1. The molecule has 3 rings (SSSR count). The van der Waals surface area contributed by atoms with Gasteiger partial charge in [0.2, 0.25) is 5.91 Å². The highest BCUT2D eigenvalue weighted by molar-refractivity contribution is 5.79. The molecule has 0 saturated heterocycles. The lowest BCUT2D eigenvalue weighted by atomic mass is 10.3. The van der Waals surface area contributed by atoms with E-state index < -0.39 is 0 Å². The van der Waals surface area contributed by atoms with Crippen molar-refractivity contribution in [3.05, 3.63) is 54.7 Å². The lowest BCUT2D eigenvalue weighted by Crippen LogP contribution is -2.34. The number of nitrogens with zero attached hydrogens (tertiary/aromatic N) is 5. The summed E-state index contributed by atoms with van der Waals surface area (Å²) in [6.45, 7) is 4.63. The number of pyridine rings is 1. The Balaban J connectivity index is 1.50. The smallest absolute Gasteiger partial charge is 0.244 e. The quantitative estimate of drug-likeness (QED) is 0.522. The van der Waals surface area contributed by atoms with E-state index in [1.807, 2.05) is 25.1 Å². The topological polar surface area (TPSA) is 110 Å². The van der Waals surface area contributed by atoms with Gasteiger partial charge in [-0.25, -0.2) is 15.0 Å². The first kappa shape index (κ1) is 18.3. The van der Waals surface area contributed by atoms with Gasteiger partial charge in [-0.15, -0.1) is 0 Å². The van der Waals surface area contributed by atoms with Crippen LogP contribution in [0.4, 0.5) is 17.5 Å². The van der Waals surface area contributed by atoms with Gasteiger partial charge in [0.1, 0.15) is 29.3 Å². The first-order valence-corrected chi connectivity index (χ1v) is 8.66. The van der Waals surface area contributed by atoms with Crippen molar-refractivity contribution in [3.63, 3.8) is 0 Å². The molecule has 9 nitrogen and oxygen atoms in total. The first-order chi connectivity index (χ1) is 13.1. The summed E-state index contributed by atoms with van der Waals surface area (Å²) in [5, 5.41) is 13.3. The van der Waals surface area contributed by atoms with Gasteiger partial charge in [-0.3, -0.25) is 9.48 Å². The molecule has 9 heteroatoms. The maximum atomic E-state index is 12.1. The maximum Gasteiger partial charge on any atom is 0.244 e. The Morgan fingerprint density at radius 1 is 1.11 bits per heavy atom. The molecule has 1 amide bonds. The molecule has 0 bridgehead atoms. The standard InChI is InChI=1S/C18H22N8O/c1-13(26-11-5-8-22-26)18(27)21-10-9-20-16-12-17(24-14(2)23-16)25-15-6-3-4-7-19-15/h3-8,11-13H,9-10H2,1-2H3,(H,21,27)(H2,19,20,23,24,25). The van der Waals surface area contributed by atoms with E-state index in [1.54, 1.807) is 42.3 Å². The number of carbonyl (C=O) groups excluding carboxylic acids is 1. The SMILES string of the molecule is Cc1nc(NCCNC(=O)C(C)n2cccn2)cc(Nc2ccccn2)n1. The number of aromatic nitrogens is 5. The summed E-state index contributed by atoms with van der Waals surface area (Å²) in [4.78, 5) is 25.1. The molecule has 1 unspecified atom stereocenters. The number of hydrogen-bond donors (Lipinski definition) is 3. The summed E-state index contributed by atoms with van der Waals surface area (Å²) < 4.78 is 1.62. The molecule has 27 heavy (non-hydrogen) atoms. The van der Waals surface area contributed by atoms with Crippen molar-refractivity contribution >= 4 is 23.4 Å². The summed E-state index contributed by atoms with van der Waals surface area (Å²) >= 11 is 0. The van der Waals surface area contributed by atoms with E-state index >= 15 is 0 Å². The Morgan fingerprint density at radius 2 is 1.96 bits per heavy atom. The Labute approximate surface area is 157 Å². The molecule has 0 aliphatic carbocycles. The van der Waals surface area contributed by atoms with E-state index in [9.17, 15) is 4.79 Å². The fourth-order valence-corrected chi connectivity index (χ4v) is 2.44. The molecule has 0 radical (unpaired) electrons. The van der Waals surface area contributed by atoms with Gasteiger partial charge in [-0.2, -0.15) is 5.10 Å². The lowest BCUT2D eigenvalue weighted by Gasteiger charge is -2.13. The number of aryl methyl sites for hydroxylation is 1. The van der Waals surface area contributed by atoms with Crippen LogP contribution in [-0.4, -0.2) is 43.7 Å². The van der Waals surface area contributed by atoms with Crippen molar-refractivity contribution in [1.29, 1.82) is 0 Å². The van der Waals surface area contributed by atoms with E-state index in [4.69, 9.17) is 0 Å². The minimum absolute atomic E-state index is 0.0862. The van der Waals surface area contributed by atoms with Gasteiger partial charge in [0.05, 0.1) is 0 Å². The number of hydrogen-bond acceptors (Lipinski definition) is 7. The van der Waals surface area contributed by atoms with Crippen LogP contribution in [0.15, 0.2) is 48.9 Å². The van der Waals surface area contributed by atoms with E-state index in [2.05, 4.69) is 36.0 Å². The predicted molar refractivity (Wildman–Crippen MR) is 103 cm³/mol. The molecular formula is C18H22N8O. The minimum atomic E-state index is -0.351. The molecule has 3 N–H and O–H groups in total. The summed E-state index contributed by atoms with van der Waals surface area (Å²) in [6, 6.07) is 8.85. The van der Waals surface area contributed by atoms with E-state index in [0.717, 1.165) is 0 Å². The average molecular weight is 366 g/mol. The van der Waals surface area contributed by atoms with Gasteiger partial charge >= 0.3 is 0 Å². The molecule has 0 aliphatic heterocycles. The lowest BCUT2D eigenvalue weighted by molar-refractivity contribution is -0.124. The van der Waals surface area contributed by atoms with E-state index in [1.165, 1.54) is 0 Å². The van der Waals surface area contributed by atoms with Crippen molar-refractivity contribution in [2.45, 2.75) is 19.9 Å². The van der Waals surface area contributed by atoms with Crippen LogP contribution in [0.2, 0.25) is 0 Å². The van der Waals surface area contributed by atoms with Crippen LogP contribution < -0.4 is 16.0 Å². The zero-order chi connectivity index (χ0) is 19.1. The number of amides is 1. The van der Waals surface area contributed by atoms with Crippen LogP contribution in [0.1, 0.15) is 18.8 Å². The fourth-order valence-electron chi connectivity index (χ4n) is 2.44. The molecule has 140 valence electrons. The van der Waals surface area contributed by atoms with Crippen LogP contribution in [0, 0.1) is 6.92 Å². The van der Waals surface area contributed by atoms with Gasteiger partial charge in [0.15, 0.2) is 0 Å². The second kappa shape index (κ2) is 8.75. The normalized spacial score (nSPS) is 11.6. The van der Waals surface area contributed by atoms with Gasteiger partial charge < -0.3 is 16.0 Å². The van der Waals surface area contributed by atoms with Crippen molar-refractivity contribution in [2.24, 2.45) is 0 Å². The van der Waals surface area contributed by atoms with Gasteiger partial charge in [0, 0.05) is 37.7 Å². The van der Waals surface area contributed by atoms with E-state index in [-0.39, 0.29) is 11.9 Å². The van der Waals surface area contributed by atoms with Gasteiger partial charge in [0.25, 0.3) is 0 Å². The molecule has 1 atom stereocenters. The van der Waals surface area contributed by atoms with E-state index in [0.29, 0.717) is 36.4 Å². The molecule has 3 aromatic rings. The average Bonchev–Trinajstić information content (AvgIpc) is 3.19. The van der Waals surface area contributed by atoms with Crippen LogP contribution in [0.5, 0.6) is 0 Å². The van der Waals surface area contributed by atoms with Crippen molar-refractivity contribution in [3.8, 4) is 0 Å². The summed E-state index contributed by atoms with van der Waals surface area (Å²) in [5.74, 6) is 2.59. The second-order valence-corrected chi connectivity index (χ2v) is 5.91. The third-order valence-corrected chi connectivity index (χ3v) is 3.79. The Morgan fingerprint density at radius 3 is 2.70 bits per heavy atom. The first-order valence-electron chi connectivity index (χ1n) is 8.66. The van der Waals surface area contributed by atoms with Gasteiger partial charge in [-0.1, -0.05) is 6.07 Å². The third-order valence-electron chi connectivity index (χ3n) is 3.79. The fraction of sp³-hybridized carbons (Fsp3) is 0.278. The van der Waals surface area contributed by atoms with Crippen LogP contribution >= 0.6 is 0 Å². The minimum Gasteiger partial charge on any atom is -0.368 e. The molecule has 3 aromatic heterocycles. The van der Waals surface area contributed by atoms with Crippen LogP contribution in [0.25, 0.3) is 0 Å². The van der Waals surface area contributed by atoms with Crippen LogP contribution in [0.3, 0.4) is 0 Å². The number of nitrogens with one attached hydrogen (secondary N) is 3. The van der Waals surface area contributed by atoms with Crippen molar-refractivity contribution < 1.29 is 4.79 Å². The van der Waals surface area contributed by atoms with Crippen molar-refractivity contribution in [1.82, 2.24) is 30.0 Å². The monoisotopic (exact) mass is 366 g/mol.